The van der Waals surface area contributed by atoms with Crippen LogP contribution in [0.2, 0.25) is 0 Å². The molecule has 0 aromatic heterocycles. The van der Waals surface area contributed by atoms with Crippen LogP contribution in [0.5, 0.6) is 0 Å². The predicted molar refractivity (Wildman–Crippen MR) is 110 cm³/mol. The van der Waals surface area contributed by atoms with Crippen molar-refractivity contribution in [3.05, 3.63) is 28.8 Å². The van der Waals surface area contributed by atoms with Crippen LogP contribution in [0.3, 0.4) is 0 Å². The van der Waals surface area contributed by atoms with Crippen molar-refractivity contribution in [1.82, 2.24) is 0 Å². The zero-order valence-corrected chi connectivity index (χ0v) is 18.4. The quantitative estimate of drug-likeness (QED) is 0.657. The second-order valence-electron chi connectivity index (χ2n) is 8.31. The minimum atomic E-state index is -0.230. The van der Waals surface area contributed by atoms with Gasteiger partial charge in [0.05, 0.1) is 6.10 Å². The van der Waals surface area contributed by atoms with Gasteiger partial charge in [-0.1, -0.05) is 26.7 Å². The molecule has 1 aromatic rings. The number of carbonyl (C=O) groups is 1. The molecule has 0 amide bonds. The Morgan fingerprint density at radius 2 is 1.50 bits per heavy atom. The van der Waals surface area contributed by atoms with E-state index in [2.05, 4.69) is 51.7 Å². The number of carbonyl (C=O) groups excluding carboxylic acids is 3. The lowest BCUT2D eigenvalue weighted by molar-refractivity contribution is -0.191. The molecule has 0 bridgehead atoms. The van der Waals surface area contributed by atoms with E-state index in [4.69, 9.17) is 14.3 Å². The third-order valence-electron chi connectivity index (χ3n) is 5.45. The summed E-state index contributed by atoms with van der Waals surface area (Å²) in [5.74, 6) is 0.113. The largest absolute Gasteiger partial charge is 0.461 e. The van der Waals surface area contributed by atoms with Gasteiger partial charge in [0, 0.05) is 11.7 Å². The van der Waals surface area contributed by atoms with Gasteiger partial charge >= 0.3 is 12.1 Å². The highest BCUT2D eigenvalue weighted by molar-refractivity contribution is 5.81. The summed E-state index contributed by atoms with van der Waals surface area (Å²) in [6.45, 7) is 14.6. The fourth-order valence-corrected chi connectivity index (χ4v) is 3.95. The third-order valence-corrected chi connectivity index (χ3v) is 5.45. The maximum atomic E-state index is 12.9. The monoisotopic (exact) mass is 389 g/mol. The molecule has 0 radical (unpaired) electrons. The maximum Gasteiger partial charge on any atom is 0.373 e. The van der Waals surface area contributed by atoms with Crippen molar-refractivity contribution in [1.29, 1.82) is 0 Å². The summed E-state index contributed by atoms with van der Waals surface area (Å²) in [7, 11) is 0. The van der Waals surface area contributed by atoms with Gasteiger partial charge in [-0.2, -0.15) is 9.59 Å². The molecular weight excluding hydrogens is 354 g/mol. The summed E-state index contributed by atoms with van der Waals surface area (Å²) in [5, 5.41) is 0. The van der Waals surface area contributed by atoms with E-state index in [1.807, 2.05) is 13.8 Å². The van der Waals surface area contributed by atoms with Gasteiger partial charge in [0.2, 0.25) is 0 Å². The zero-order valence-electron chi connectivity index (χ0n) is 18.4. The Balaban J connectivity index is 0.00000122. The van der Waals surface area contributed by atoms with Gasteiger partial charge in [-0.3, -0.25) is 0 Å². The zero-order chi connectivity index (χ0) is 21.4. The number of benzene rings is 1. The van der Waals surface area contributed by atoms with Crippen molar-refractivity contribution in [2.24, 2.45) is 5.92 Å². The third kappa shape index (κ3) is 6.20. The first-order valence-corrected chi connectivity index (χ1v) is 10.2. The molecule has 1 fully saturated rings. The lowest BCUT2D eigenvalue weighted by atomic mass is 9.96. The molecule has 2 rings (SSSR count). The predicted octanol–water partition coefficient (Wildman–Crippen LogP) is 4.75. The lowest BCUT2D eigenvalue weighted by Crippen LogP contribution is -2.51. The summed E-state index contributed by atoms with van der Waals surface area (Å²) in [4.78, 5) is 31.6. The molecule has 0 heterocycles. The van der Waals surface area contributed by atoms with Gasteiger partial charge < -0.3 is 9.64 Å². The molecule has 5 heteroatoms. The molecule has 1 atom stereocenters. The van der Waals surface area contributed by atoms with Crippen molar-refractivity contribution in [3.8, 4) is 0 Å². The number of nitrogens with zero attached hydrogens (tertiary/aromatic N) is 1. The van der Waals surface area contributed by atoms with Gasteiger partial charge in [-0.05, 0) is 82.2 Å². The molecule has 0 N–H and O–H groups in total. The van der Waals surface area contributed by atoms with Crippen LogP contribution in [0, 0.1) is 26.7 Å². The van der Waals surface area contributed by atoms with E-state index in [9.17, 15) is 4.79 Å². The van der Waals surface area contributed by atoms with Gasteiger partial charge in [-0.15, -0.1) is 0 Å². The van der Waals surface area contributed by atoms with Crippen molar-refractivity contribution in [2.45, 2.75) is 92.3 Å². The Bertz CT molecular complexity index is 661. The molecule has 0 saturated heterocycles. The minimum Gasteiger partial charge on any atom is -0.461 e. The Hall–Kier alpha value is -2.13. The number of esters is 1. The fourth-order valence-electron chi connectivity index (χ4n) is 3.95. The first-order chi connectivity index (χ1) is 13.1. The average molecular weight is 390 g/mol. The van der Waals surface area contributed by atoms with Crippen LogP contribution in [0.25, 0.3) is 0 Å². The Kier molecular flexibility index (Phi) is 9.40. The van der Waals surface area contributed by atoms with Crippen LogP contribution in [0.15, 0.2) is 12.1 Å². The average Bonchev–Trinajstić information content (AvgIpc) is 3.10. The molecule has 5 nitrogen and oxygen atoms in total. The first kappa shape index (κ1) is 23.9. The van der Waals surface area contributed by atoms with Crippen LogP contribution < -0.4 is 4.90 Å². The van der Waals surface area contributed by atoms with E-state index in [1.54, 1.807) is 0 Å². The van der Waals surface area contributed by atoms with Crippen LogP contribution >= 0.6 is 0 Å². The van der Waals surface area contributed by atoms with Gasteiger partial charge in [0.25, 0.3) is 0 Å². The minimum absolute atomic E-state index is 0.0827. The van der Waals surface area contributed by atoms with Gasteiger partial charge in [0.1, 0.15) is 6.04 Å². The second kappa shape index (κ2) is 11.0. The summed E-state index contributed by atoms with van der Waals surface area (Å²) < 4.78 is 5.64. The fraction of sp³-hybridized carbons (Fsp3) is 0.652. The van der Waals surface area contributed by atoms with Crippen molar-refractivity contribution < 1.29 is 19.1 Å². The number of hydrogen-bond acceptors (Lipinski definition) is 5. The highest BCUT2D eigenvalue weighted by Crippen LogP contribution is 2.34. The molecule has 28 heavy (non-hydrogen) atoms. The second-order valence-corrected chi connectivity index (χ2v) is 8.31. The lowest BCUT2D eigenvalue weighted by Gasteiger charge is -2.40. The summed E-state index contributed by atoms with van der Waals surface area (Å²) in [6.07, 6.45) is 4.97. The molecule has 1 aromatic carbocycles. The Morgan fingerprint density at radius 3 is 1.89 bits per heavy atom. The molecule has 1 unspecified atom stereocenters. The van der Waals surface area contributed by atoms with E-state index >= 15 is 0 Å². The Morgan fingerprint density at radius 1 is 1.04 bits per heavy atom. The Labute approximate surface area is 169 Å². The van der Waals surface area contributed by atoms with Gasteiger partial charge in [0.15, 0.2) is 0 Å². The van der Waals surface area contributed by atoms with Crippen LogP contribution in [0.4, 0.5) is 5.69 Å². The molecule has 1 aliphatic carbocycles. The van der Waals surface area contributed by atoms with E-state index in [0.29, 0.717) is 6.04 Å². The molecule has 0 spiro atoms. The summed E-state index contributed by atoms with van der Waals surface area (Å²) in [5.41, 5.74) is 5.09. The molecule has 1 saturated carbocycles. The summed E-state index contributed by atoms with van der Waals surface area (Å²) >= 11 is 0. The van der Waals surface area contributed by atoms with Crippen LogP contribution in [0.1, 0.15) is 70.1 Å². The standard InChI is InChI=1S/C22H35NO2.CO2/c1-14(2)21(22(24)25-15(3)4)23(19-10-8-9-11-19)20-12-16(5)18(7)17(6)13-20;2-1-3/h12-15,19,21H,8-11H2,1-7H3;. The van der Waals surface area contributed by atoms with Gasteiger partial charge in [-0.25, -0.2) is 4.79 Å². The van der Waals surface area contributed by atoms with E-state index in [-0.39, 0.29) is 30.2 Å². The number of ether oxygens (including phenoxy) is 1. The number of anilines is 1. The molecule has 156 valence electrons. The van der Waals surface area contributed by atoms with Crippen LogP contribution in [-0.2, 0) is 19.1 Å². The summed E-state index contributed by atoms with van der Waals surface area (Å²) in [6, 6.07) is 4.69. The normalized spacial score (nSPS) is 15.0. The van der Waals surface area contributed by atoms with E-state index in [1.165, 1.54) is 35.2 Å². The van der Waals surface area contributed by atoms with Crippen molar-refractivity contribution in [2.75, 3.05) is 4.90 Å². The maximum absolute atomic E-state index is 12.9. The highest BCUT2D eigenvalue weighted by atomic mass is 16.5. The number of aryl methyl sites for hydroxylation is 2. The number of rotatable bonds is 6. The SMILES string of the molecule is Cc1cc(N(C2CCCC2)C(C(=O)OC(C)C)C(C)C)cc(C)c1C.O=C=O. The van der Waals surface area contributed by atoms with Crippen molar-refractivity contribution >= 4 is 17.8 Å². The van der Waals surface area contributed by atoms with Crippen LogP contribution in [-0.4, -0.2) is 30.3 Å². The van der Waals surface area contributed by atoms with E-state index < -0.39 is 0 Å². The molecular formula is C23H35NO4. The highest BCUT2D eigenvalue weighted by Gasteiger charge is 2.37. The number of hydrogen-bond donors (Lipinski definition) is 0. The van der Waals surface area contributed by atoms with Crippen molar-refractivity contribution in [3.63, 3.8) is 0 Å². The first-order valence-electron chi connectivity index (χ1n) is 10.2. The molecule has 0 aliphatic heterocycles. The molecule has 1 aliphatic rings. The smallest absolute Gasteiger partial charge is 0.373 e. The topological polar surface area (TPSA) is 63.7 Å². The van der Waals surface area contributed by atoms with E-state index in [0.717, 1.165) is 12.8 Å².